The van der Waals surface area contributed by atoms with Crippen LogP contribution in [0.25, 0.3) is 0 Å². The van der Waals surface area contributed by atoms with Gasteiger partial charge in [0.05, 0.1) is 10.6 Å². The average molecular weight is 321 g/mol. The topological polar surface area (TPSA) is 77.8 Å². The van der Waals surface area contributed by atoms with E-state index in [1.54, 1.807) is 19.1 Å². The average Bonchev–Trinajstić information content (AvgIpc) is 2.48. The quantitative estimate of drug-likeness (QED) is 0.887. The van der Waals surface area contributed by atoms with Crippen molar-refractivity contribution in [3.63, 3.8) is 0 Å². The molecule has 0 radical (unpaired) electrons. The monoisotopic (exact) mass is 321 g/mol. The molecule has 0 saturated heterocycles. The lowest BCUT2D eigenvalue weighted by Gasteiger charge is -2.24. The zero-order valence-corrected chi connectivity index (χ0v) is 13.3. The highest BCUT2D eigenvalue weighted by Gasteiger charge is 2.24. The van der Waals surface area contributed by atoms with Gasteiger partial charge in [0.15, 0.2) is 0 Å². The lowest BCUT2D eigenvalue weighted by Crippen LogP contribution is -2.31. The van der Waals surface area contributed by atoms with Crippen molar-refractivity contribution in [1.82, 2.24) is 0 Å². The van der Waals surface area contributed by atoms with Crippen LogP contribution in [0.4, 0.5) is 5.69 Å². The van der Waals surface area contributed by atoms with Crippen LogP contribution in [-0.2, 0) is 10.0 Å². The van der Waals surface area contributed by atoms with Crippen LogP contribution in [0.2, 0.25) is 0 Å². The summed E-state index contributed by atoms with van der Waals surface area (Å²) in [5.41, 5.74) is 1.12. The number of rotatable bonds is 5. The Morgan fingerprint density at radius 3 is 2.23 bits per heavy atom. The number of aromatic hydroxyl groups is 2. The molecule has 0 unspecified atom stereocenters. The number of phenolic OH excluding ortho intramolecular Hbond substituents is 2. The minimum Gasteiger partial charge on any atom is -0.508 e. The van der Waals surface area contributed by atoms with Gasteiger partial charge in [0, 0.05) is 6.54 Å². The summed E-state index contributed by atoms with van der Waals surface area (Å²) in [5.74, 6) is 0.142. The summed E-state index contributed by atoms with van der Waals surface area (Å²) in [6, 6.07) is 10.2. The largest absolute Gasteiger partial charge is 0.508 e. The van der Waals surface area contributed by atoms with E-state index in [0.717, 1.165) is 0 Å². The maximum Gasteiger partial charge on any atom is 0.264 e. The molecule has 2 rings (SSSR count). The van der Waals surface area contributed by atoms with Gasteiger partial charge < -0.3 is 10.2 Å². The van der Waals surface area contributed by atoms with Gasteiger partial charge in [-0.15, -0.1) is 0 Å². The number of nitrogens with zero attached hydrogens (tertiary/aromatic N) is 1. The summed E-state index contributed by atoms with van der Waals surface area (Å²) in [6.07, 6.45) is 0.650. The van der Waals surface area contributed by atoms with E-state index in [2.05, 4.69) is 0 Å². The third-order valence-electron chi connectivity index (χ3n) is 3.32. The third kappa shape index (κ3) is 3.17. The lowest BCUT2D eigenvalue weighted by atomic mass is 10.2. The molecule has 2 aromatic rings. The lowest BCUT2D eigenvalue weighted by molar-refractivity contribution is 0.471. The molecule has 22 heavy (non-hydrogen) atoms. The summed E-state index contributed by atoms with van der Waals surface area (Å²) in [4.78, 5) is 0.115. The van der Waals surface area contributed by atoms with Crippen LogP contribution in [0, 0.1) is 6.92 Å². The number of anilines is 1. The molecule has 0 aliphatic heterocycles. The molecule has 0 fully saturated rings. The van der Waals surface area contributed by atoms with E-state index < -0.39 is 10.0 Å². The number of hydrogen-bond donors (Lipinski definition) is 2. The van der Waals surface area contributed by atoms with Gasteiger partial charge >= 0.3 is 0 Å². The summed E-state index contributed by atoms with van der Waals surface area (Å²) < 4.78 is 26.9. The second-order valence-corrected chi connectivity index (χ2v) is 6.90. The second kappa shape index (κ2) is 6.27. The van der Waals surface area contributed by atoms with Gasteiger partial charge in [-0.25, -0.2) is 8.42 Å². The van der Waals surface area contributed by atoms with E-state index >= 15 is 0 Å². The Morgan fingerprint density at radius 1 is 1.05 bits per heavy atom. The van der Waals surface area contributed by atoms with Gasteiger partial charge in [0.2, 0.25) is 0 Å². The van der Waals surface area contributed by atoms with E-state index in [4.69, 9.17) is 0 Å². The number of aryl methyl sites for hydroxylation is 1. The normalized spacial score (nSPS) is 11.4. The molecule has 6 heteroatoms. The first-order valence-electron chi connectivity index (χ1n) is 6.97. The Hall–Kier alpha value is -2.21. The first-order chi connectivity index (χ1) is 10.4. The molecule has 0 atom stereocenters. The fourth-order valence-electron chi connectivity index (χ4n) is 2.13. The van der Waals surface area contributed by atoms with Crippen LogP contribution in [-0.4, -0.2) is 25.2 Å². The Kier molecular flexibility index (Phi) is 4.61. The zero-order chi connectivity index (χ0) is 16.3. The van der Waals surface area contributed by atoms with Crippen LogP contribution in [0.15, 0.2) is 47.4 Å². The maximum atomic E-state index is 12.8. The number of benzene rings is 2. The van der Waals surface area contributed by atoms with E-state index in [9.17, 15) is 18.6 Å². The first-order valence-corrected chi connectivity index (χ1v) is 8.41. The van der Waals surface area contributed by atoms with Crippen molar-refractivity contribution < 1.29 is 18.6 Å². The standard InChI is InChI=1S/C16H19NO4S/c1-3-10-17(13-4-9-16(19)12(2)11-13)22(20,21)15-7-5-14(18)6-8-15/h4-9,11,18-19H,3,10H2,1-2H3. The molecule has 0 amide bonds. The summed E-state index contributed by atoms with van der Waals surface area (Å²) in [6.45, 7) is 3.94. The molecule has 5 nitrogen and oxygen atoms in total. The Bertz CT molecular complexity index is 754. The highest BCUT2D eigenvalue weighted by atomic mass is 32.2. The van der Waals surface area contributed by atoms with Crippen LogP contribution in [0.1, 0.15) is 18.9 Å². The predicted molar refractivity (Wildman–Crippen MR) is 85.8 cm³/mol. The highest BCUT2D eigenvalue weighted by Crippen LogP contribution is 2.28. The van der Waals surface area contributed by atoms with Crippen LogP contribution in [0.3, 0.4) is 0 Å². The van der Waals surface area contributed by atoms with Gasteiger partial charge in [-0.2, -0.15) is 0 Å². The van der Waals surface area contributed by atoms with Crippen LogP contribution >= 0.6 is 0 Å². The number of hydrogen-bond acceptors (Lipinski definition) is 4. The number of sulfonamides is 1. The van der Waals surface area contributed by atoms with Gasteiger partial charge in [-0.05, 0) is 61.4 Å². The SMILES string of the molecule is CCCN(c1ccc(O)c(C)c1)S(=O)(=O)c1ccc(O)cc1. The molecular weight excluding hydrogens is 302 g/mol. The van der Waals surface area contributed by atoms with Crippen molar-refractivity contribution in [3.05, 3.63) is 48.0 Å². The zero-order valence-electron chi connectivity index (χ0n) is 12.5. The fraction of sp³-hybridized carbons (Fsp3) is 0.250. The molecule has 2 aromatic carbocycles. The van der Waals surface area contributed by atoms with E-state index in [1.807, 2.05) is 6.92 Å². The molecule has 0 heterocycles. The first kappa shape index (κ1) is 16.2. The van der Waals surface area contributed by atoms with Crippen LogP contribution < -0.4 is 4.31 Å². The maximum absolute atomic E-state index is 12.8. The summed E-state index contributed by atoms with van der Waals surface area (Å²) in [5, 5.41) is 18.9. The van der Waals surface area contributed by atoms with Crippen LogP contribution in [0.5, 0.6) is 11.5 Å². The molecule has 0 aliphatic carbocycles. The highest BCUT2D eigenvalue weighted by molar-refractivity contribution is 7.92. The van der Waals surface area contributed by atoms with Crippen molar-refractivity contribution in [2.45, 2.75) is 25.2 Å². The van der Waals surface area contributed by atoms with Crippen molar-refractivity contribution in [3.8, 4) is 11.5 Å². The van der Waals surface area contributed by atoms with E-state index in [0.29, 0.717) is 24.2 Å². The summed E-state index contributed by atoms with van der Waals surface area (Å²) in [7, 11) is -3.72. The molecule has 0 spiro atoms. The smallest absolute Gasteiger partial charge is 0.264 e. The van der Waals surface area contributed by atoms with Crippen molar-refractivity contribution in [2.75, 3.05) is 10.8 Å². The molecule has 0 aromatic heterocycles. The third-order valence-corrected chi connectivity index (χ3v) is 5.16. The molecule has 0 saturated carbocycles. The number of phenols is 2. The van der Waals surface area contributed by atoms with Gasteiger partial charge in [0.1, 0.15) is 11.5 Å². The van der Waals surface area contributed by atoms with Crippen molar-refractivity contribution >= 4 is 15.7 Å². The van der Waals surface area contributed by atoms with Crippen molar-refractivity contribution in [1.29, 1.82) is 0 Å². The van der Waals surface area contributed by atoms with E-state index in [1.165, 1.54) is 34.6 Å². The molecular formula is C16H19NO4S. The van der Waals surface area contributed by atoms with Gasteiger partial charge in [-0.1, -0.05) is 6.92 Å². The Balaban J connectivity index is 2.50. The van der Waals surface area contributed by atoms with E-state index in [-0.39, 0.29) is 16.4 Å². The Morgan fingerprint density at radius 2 is 1.68 bits per heavy atom. The summed E-state index contributed by atoms with van der Waals surface area (Å²) >= 11 is 0. The van der Waals surface area contributed by atoms with Crippen molar-refractivity contribution in [2.24, 2.45) is 0 Å². The fourth-order valence-corrected chi connectivity index (χ4v) is 3.68. The minimum absolute atomic E-state index is 0.0152. The molecule has 0 bridgehead atoms. The molecule has 118 valence electrons. The molecule has 0 aliphatic rings. The second-order valence-electron chi connectivity index (χ2n) is 5.04. The van der Waals surface area contributed by atoms with Gasteiger partial charge in [0.25, 0.3) is 10.0 Å². The van der Waals surface area contributed by atoms with Gasteiger partial charge in [-0.3, -0.25) is 4.31 Å². The predicted octanol–water partition coefficient (Wildman–Crippen LogP) is 3.01. The minimum atomic E-state index is -3.72. The Labute approximate surface area is 130 Å². The molecule has 2 N–H and O–H groups in total.